The fourth-order valence-electron chi connectivity index (χ4n) is 3.01. The molecule has 1 N–H and O–H groups in total. The van der Waals surface area contributed by atoms with Crippen LogP contribution in [0.2, 0.25) is 5.02 Å². The average molecular weight is 397 g/mol. The van der Waals surface area contributed by atoms with Crippen LogP contribution in [0.15, 0.2) is 51.6 Å². The minimum atomic E-state index is -0.322. The van der Waals surface area contributed by atoms with Crippen molar-refractivity contribution in [2.24, 2.45) is 0 Å². The van der Waals surface area contributed by atoms with Gasteiger partial charge < -0.3 is 19.2 Å². The number of pyridine rings is 1. The smallest absolute Gasteiger partial charge is 0.259 e. The molecular weight excluding hydrogens is 380 g/mol. The number of nitrogens with one attached hydrogen (secondary N) is 1. The lowest BCUT2D eigenvalue weighted by atomic mass is 10.1. The van der Waals surface area contributed by atoms with E-state index in [1.54, 1.807) is 43.5 Å². The number of aromatic nitrogens is 2. The van der Waals surface area contributed by atoms with E-state index in [-0.39, 0.29) is 11.6 Å². The molecule has 7 nitrogen and oxygen atoms in total. The maximum absolute atomic E-state index is 13.2. The van der Waals surface area contributed by atoms with E-state index in [2.05, 4.69) is 15.5 Å². The molecule has 0 saturated carbocycles. The summed E-state index contributed by atoms with van der Waals surface area (Å²) in [7, 11) is 3.78. The number of furan rings is 1. The van der Waals surface area contributed by atoms with Crippen LogP contribution in [-0.4, -0.2) is 30.1 Å². The third-order valence-corrected chi connectivity index (χ3v) is 4.56. The van der Waals surface area contributed by atoms with Crippen LogP contribution in [0.5, 0.6) is 0 Å². The van der Waals surface area contributed by atoms with Gasteiger partial charge in [0.05, 0.1) is 34.3 Å². The second kappa shape index (κ2) is 7.01. The fraction of sp³-hybridized carbons (Fsp3) is 0.150. The van der Waals surface area contributed by atoms with E-state index in [0.717, 1.165) is 5.69 Å². The van der Waals surface area contributed by atoms with Gasteiger partial charge in [0.25, 0.3) is 11.6 Å². The number of nitrogens with zero attached hydrogens (tertiary/aromatic N) is 3. The summed E-state index contributed by atoms with van der Waals surface area (Å²) in [5, 5.41) is 7.97. The molecule has 1 amide bonds. The molecule has 0 aliphatic rings. The first-order valence-electron chi connectivity index (χ1n) is 8.53. The Bertz CT molecular complexity index is 1170. The van der Waals surface area contributed by atoms with Crippen molar-refractivity contribution in [3.05, 3.63) is 58.9 Å². The number of anilines is 2. The number of hydrogen-bond acceptors (Lipinski definition) is 6. The number of carbonyl (C=O) groups excluding carboxylic acids is 1. The van der Waals surface area contributed by atoms with Crippen molar-refractivity contribution in [1.82, 2.24) is 10.1 Å². The van der Waals surface area contributed by atoms with Crippen LogP contribution >= 0.6 is 11.6 Å². The summed E-state index contributed by atoms with van der Waals surface area (Å²) in [5.74, 6) is 0.207. The van der Waals surface area contributed by atoms with E-state index in [1.807, 2.05) is 25.1 Å². The first-order chi connectivity index (χ1) is 13.4. The van der Waals surface area contributed by atoms with Gasteiger partial charge in [0.1, 0.15) is 5.69 Å². The standard InChI is InChI=1S/C20H17ClN4O3/c1-11-18-13(10-15(17-5-4-8-27-17)23-20(18)28-24-11)19(26)22-14-9-12(21)6-7-16(14)25(2)3/h4-10H,1-3H3,(H,22,26). The fourth-order valence-corrected chi connectivity index (χ4v) is 3.18. The van der Waals surface area contributed by atoms with Gasteiger partial charge in [0, 0.05) is 19.1 Å². The van der Waals surface area contributed by atoms with Crippen LogP contribution in [0, 0.1) is 6.92 Å². The highest BCUT2D eigenvalue weighted by atomic mass is 35.5. The zero-order valence-electron chi connectivity index (χ0n) is 15.5. The van der Waals surface area contributed by atoms with Gasteiger partial charge in [-0.3, -0.25) is 4.79 Å². The molecule has 0 aliphatic carbocycles. The lowest BCUT2D eigenvalue weighted by molar-refractivity contribution is 0.102. The van der Waals surface area contributed by atoms with E-state index in [0.29, 0.717) is 38.8 Å². The Morgan fingerprint density at radius 2 is 2.04 bits per heavy atom. The summed E-state index contributed by atoms with van der Waals surface area (Å²) in [6, 6.07) is 10.5. The van der Waals surface area contributed by atoms with Crippen molar-refractivity contribution in [2.45, 2.75) is 6.92 Å². The largest absolute Gasteiger partial charge is 0.463 e. The van der Waals surface area contributed by atoms with Gasteiger partial charge in [-0.05, 0) is 43.3 Å². The molecule has 0 fully saturated rings. The van der Waals surface area contributed by atoms with Gasteiger partial charge in [-0.25, -0.2) is 4.98 Å². The van der Waals surface area contributed by atoms with Gasteiger partial charge in [-0.15, -0.1) is 0 Å². The molecule has 0 spiro atoms. The first-order valence-corrected chi connectivity index (χ1v) is 8.91. The molecule has 4 rings (SSSR count). The third kappa shape index (κ3) is 3.20. The lowest BCUT2D eigenvalue weighted by Crippen LogP contribution is -2.17. The molecule has 142 valence electrons. The predicted molar refractivity (Wildman–Crippen MR) is 108 cm³/mol. The van der Waals surface area contributed by atoms with Gasteiger partial charge in [-0.2, -0.15) is 0 Å². The molecule has 8 heteroatoms. The zero-order chi connectivity index (χ0) is 19.8. The van der Waals surface area contributed by atoms with Crippen LogP contribution < -0.4 is 10.2 Å². The average Bonchev–Trinajstić information content (AvgIpc) is 3.31. The van der Waals surface area contributed by atoms with Gasteiger partial charge in [-0.1, -0.05) is 16.8 Å². The minimum Gasteiger partial charge on any atom is -0.463 e. The van der Waals surface area contributed by atoms with Crippen molar-refractivity contribution in [3.8, 4) is 11.5 Å². The maximum Gasteiger partial charge on any atom is 0.259 e. The van der Waals surface area contributed by atoms with Gasteiger partial charge in [0.2, 0.25) is 0 Å². The summed E-state index contributed by atoms with van der Waals surface area (Å²) in [4.78, 5) is 19.5. The van der Waals surface area contributed by atoms with Crippen molar-refractivity contribution in [2.75, 3.05) is 24.3 Å². The van der Waals surface area contributed by atoms with E-state index in [4.69, 9.17) is 20.5 Å². The Hall–Kier alpha value is -3.32. The van der Waals surface area contributed by atoms with Crippen molar-refractivity contribution < 1.29 is 13.7 Å². The summed E-state index contributed by atoms with van der Waals surface area (Å²) in [5.41, 5.74) is 3.16. The molecule has 0 saturated heterocycles. The highest BCUT2D eigenvalue weighted by Crippen LogP contribution is 2.31. The first kappa shape index (κ1) is 18.1. The molecule has 4 aromatic rings. The lowest BCUT2D eigenvalue weighted by Gasteiger charge is -2.18. The monoisotopic (exact) mass is 396 g/mol. The molecule has 0 radical (unpaired) electrons. The van der Waals surface area contributed by atoms with E-state index < -0.39 is 0 Å². The maximum atomic E-state index is 13.2. The van der Waals surface area contributed by atoms with Gasteiger partial charge >= 0.3 is 0 Å². The molecule has 0 bridgehead atoms. The Morgan fingerprint density at radius 3 is 2.75 bits per heavy atom. The van der Waals surface area contributed by atoms with E-state index >= 15 is 0 Å². The van der Waals surface area contributed by atoms with Crippen LogP contribution in [0.4, 0.5) is 11.4 Å². The number of hydrogen-bond donors (Lipinski definition) is 1. The second-order valence-electron chi connectivity index (χ2n) is 6.49. The second-order valence-corrected chi connectivity index (χ2v) is 6.93. The SMILES string of the molecule is Cc1noc2nc(-c3ccco3)cc(C(=O)Nc3cc(Cl)ccc3N(C)C)c12. The normalized spacial score (nSPS) is 11.0. The number of fused-ring (bicyclic) bond motifs is 1. The van der Waals surface area contributed by atoms with Crippen molar-refractivity contribution in [3.63, 3.8) is 0 Å². The highest BCUT2D eigenvalue weighted by Gasteiger charge is 2.21. The number of rotatable bonds is 4. The number of carbonyl (C=O) groups is 1. The molecule has 3 heterocycles. The summed E-state index contributed by atoms with van der Waals surface area (Å²) in [6.45, 7) is 1.77. The van der Waals surface area contributed by atoms with Crippen LogP contribution in [-0.2, 0) is 0 Å². The Labute approximate surface area is 165 Å². The summed E-state index contributed by atoms with van der Waals surface area (Å²) >= 11 is 6.13. The zero-order valence-corrected chi connectivity index (χ0v) is 16.2. The van der Waals surface area contributed by atoms with Crippen molar-refractivity contribution >= 4 is 40.0 Å². The molecule has 0 unspecified atom stereocenters. The molecular formula is C20H17ClN4O3. The molecule has 0 atom stereocenters. The van der Waals surface area contributed by atoms with Crippen LogP contribution in [0.25, 0.3) is 22.6 Å². The minimum absolute atomic E-state index is 0.274. The number of halogens is 1. The molecule has 3 aromatic heterocycles. The quantitative estimate of drug-likeness (QED) is 0.535. The topological polar surface area (TPSA) is 84.4 Å². The van der Waals surface area contributed by atoms with Crippen molar-refractivity contribution in [1.29, 1.82) is 0 Å². The third-order valence-electron chi connectivity index (χ3n) is 4.32. The number of benzene rings is 1. The van der Waals surface area contributed by atoms with Gasteiger partial charge in [0.15, 0.2) is 5.76 Å². The highest BCUT2D eigenvalue weighted by molar-refractivity contribution is 6.31. The molecule has 0 aliphatic heterocycles. The molecule has 1 aromatic carbocycles. The Balaban J connectivity index is 1.82. The predicted octanol–water partition coefficient (Wildman–Crippen LogP) is 4.76. The number of amides is 1. The van der Waals surface area contributed by atoms with E-state index in [9.17, 15) is 4.79 Å². The number of aryl methyl sites for hydroxylation is 1. The summed E-state index contributed by atoms with van der Waals surface area (Å²) < 4.78 is 10.7. The summed E-state index contributed by atoms with van der Waals surface area (Å²) in [6.07, 6.45) is 1.54. The Morgan fingerprint density at radius 1 is 1.21 bits per heavy atom. The van der Waals surface area contributed by atoms with Crippen LogP contribution in [0.3, 0.4) is 0 Å². The Kier molecular flexibility index (Phi) is 4.52. The van der Waals surface area contributed by atoms with Crippen LogP contribution in [0.1, 0.15) is 16.1 Å². The van der Waals surface area contributed by atoms with E-state index in [1.165, 1.54) is 0 Å². The molecule has 28 heavy (non-hydrogen) atoms.